The summed E-state index contributed by atoms with van der Waals surface area (Å²) in [5.74, 6) is 0.202. The zero-order valence-electron chi connectivity index (χ0n) is 12.7. The predicted octanol–water partition coefficient (Wildman–Crippen LogP) is -0.577. The van der Waals surface area contributed by atoms with Crippen LogP contribution in [-0.2, 0) is 9.53 Å². The summed E-state index contributed by atoms with van der Waals surface area (Å²) in [4.78, 5) is 17.2. The number of nitrogens with one attached hydrogen (secondary N) is 1. The van der Waals surface area contributed by atoms with E-state index in [0.717, 1.165) is 45.3 Å². The van der Waals surface area contributed by atoms with Crippen LogP contribution in [0.5, 0.6) is 0 Å². The molecule has 6 nitrogen and oxygen atoms in total. The fourth-order valence-corrected chi connectivity index (χ4v) is 3.92. The molecule has 0 aliphatic carbocycles. The molecule has 0 aromatic rings. The van der Waals surface area contributed by atoms with Gasteiger partial charge in [0.25, 0.3) is 0 Å². The SMILES string of the molecule is O=C(C1CCCN1C1CCNCC1)N1CCOCC1CO. The van der Waals surface area contributed by atoms with Gasteiger partial charge in [-0.1, -0.05) is 0 Å². The van der Waals surface area contributed by atoms with Gasteiger partial charge < -0.3 is 20.1 Å². The Bertz CT molecular complexity index is 360. The van der Waals surface area contributed by atoms with Crippen molar-refractivity contribution in [1.82, 2.24) is 15.1 Å². The zero-order valence-corrected chi connectivity index (χ0v) is 12.7. The Kier molecular flexibility index (Phi) is 5.11. The maximum Gasteiger partial charge on any atom is 0.240 e. The van der Waals surface area contributed by atoms with E-state index in [4.69, 9.17) is 4.74 Å². The molecule has 2 N–H and O–H groups in total. The Morgan fingerprint density at radius 2 is 2.05 bits per heavy atom. The molecule has 3 heterocycles. The van der Waals surface area contributed by atoms with Gasteiger partial charge in [0.2, 0.25) is 5.91 Å². The van der Waals surface area contributed by atoms with Crippen LogP contribution >= 0.6 is 0 Å². The minimum absolute atomic E-state index is 0.00813. The monoisotopic (exact) mass is 297 g/mol. The zero-order chi connectivity index (χ0) is 14.7. The van der Waals surface area contributed by atoms with Gasteiger partial charge in [-0.05, 0) is 45.3 Å². The van der Waals surface area contributed by atoms with Crippen LogP contribution in [0, 0.1) is 0 Å². The molecule has 3 aliphatic rings. The summed E-state index contributed by atoms with van der Waals surface area (Å²) < 4.78 is 5.38. The van der Waals surface area contributed by atoms with Crippen molar-refractivity contribution in [2.24, 2.45) is 0 Å². The number of carbonyl (C=O) groups is 1. The molecule has 0 spiro atoms. The fourth-order valence-electron chi connectivity index (χ4n) is 3.92. The highest BCUT2D eigenvalue weighted by Gasteiger charge is 2.40. The molecule has 6 heteroatoms. The van der Waals surface area contributed by atoms with Crippen molar-refractivity contribution in [2.45, 2.75) is 43.8 Å². The van der Waals surface area contributed by atoms with Crippen LogP contribution in [0.15, 0.2) is 0 Å². The van der Waals surface area contributed by atoms with Gasteiger partial charge in [-0.15, -0.1) is 0 Å². The van der Waals surface area contributed by atoms with Crippen LogP contribution in [0.3, 0.4) is 0 Å². The number of likely N-dealkylation sites (tertiary alicyclic amines) is 1. The Morgan fingerprint density at radius 3 is 2.81 bits per heavy atom. The summed E-state index contributed by atoms with van der Waals surface area (Å²) in [5, 5.41) is 12.9. The van der Waals surface area contributed by atoms with Gasteiger partial charge in [0.15, 0.2) is 0 Å². The van der Waals surface area contributed by atoms with Crippen LogP contribution in [0.1, 0.15) is 25.7 Å². The van der Waals surface area contributed by atoms with Crippen LogP contribution in [0.25, 0.3) is 0 Å². The number of morpholine rings is 1. The molecule has 3 aliphatic heterocycles. The lowest BCUT2D eigenvalue weighted by Gasteiger charge is -2.40. The first-order valence-corrected chi connectivity index (χ1v) is 8.27. The van der Waals surface area contributed by atoms with E-state index in [2.05, 4.69) is 10.2 Å². The lowest BCUT2D eigenvalue weighted by Crippen LogP contribution is -2.57. The van der Waals surface area contributed by atoms with E-state index in [0.29, 0.717) is 25.8 Å². The third kappa shape index (κ3) is 3.23. The van der Waals surface area contributed by atoms with E-state index in [-0.39, 0.29) is 24.6 Å². The number of rotatable bonds is 3. The largest absolute Gasteiger partial charge is 0.394 e. The van der Waals surface area contributed by atoms with E-state index >= 15 is 0 Å². The number of hydrogen-bond acceptors (Lipinski definition) is 5. The fraction of sp³-hybridized carbons (Fsp3) is 0.933. The smallest absolute Gasteiger partial charge is 0.240 e. The van der Waals surface area contributed by atoms with Crippen LogP contribution in [0.2, 0.25) is 0 Å². The number of aliphatic hydroxyl groups is 1. The second kappa shape index (κ2) is 7.05. The maximum atomic E-state index is 12.9. The number of carbonyl (C=O) groups excluding carboxylic acids is 1. The van der Waals surface area contributed by atoms with E-state index < -0.39 is 0 Å². The van der Waals surface area contributed by atoms with Gasteiger partial charge in [-0.3, -0.25) is 9.69 Å². The molecule has 2 unspecified atom stereocenters. The highest BCUT2D eigenvalue weighted by atomic mass is 16.5. The van der Waals surface area contributed by atoms with Crippen LogP contribution in [0.4, 0.5) is 0 Å². The average molecular weight is 297 g/mol. The van der Waals surface area contributed by atoms with Gasteiger partial charge in [0.1, 0.15) is 0 Å². The highest BCUT2D eigenvalue weighted by Crippen LogP contribution is 2.26. The molecular weight excluding hydrogens is 270 g/mol. The maximum absolute atomic E-state index is 12.9. The quantitative estimate of drug-likeness (QED) is 0.730. The molecule has 0 saturated carbocycles. The molecule has 0 radical (unpaired) electrons. The van der Waals surface area contributed by atoms with E-state index in [1.54, 1.807) is 0 Å². The first-order valence-electron chi connectivity index (χ1n) is 8.27. The second-order valence-corrected chi connectivity index (χ2v) is 6.32. The molecule has 2 atom stereocenters. The third-order valence-corrected chi connectivity index (χ3v) is 5.08. The van der Waals surface area contributed by atoms with Gasteiger partial charge in [-0.25, -0.2) is 0 Å². The molecule has 1 amide bonds. The summed E-state index contributed by atoms with van der Waals surface area (Å²) in [6.45, 7) is 4.80. The summed E-state index contributed by atoms with van der Waals surface area (Å²) in [5.41, 5.74) is 0. The summed E-state index contributed by atoms with van der Waals surface area (Å²) in [7, 11) is 0. The van der Waals surface area contributed by atoms with Crippen molar-refractivity contribution >= 4 is 5.91 Å². The number of hydrogen-bond donors (Lipinski definition) is 2. The van der Waals surface area contributed by atoms with Crippen molar-refractivity contribution in [3.63, 3.8) is 0 Å². The Hall–Kier alpha value is -0.690. The summed E-state index contributed by atoms with van der Waals surface area (Å²) in [6.07, 6.45) is 4.33. The summed E-state index contributed by atoms with van der Waals surface area (Å²) >= 11 is 0. The van der Waals surface area contributed by atoms with Crippen molar-refractivity contribution in [2.75, 3.05) is 46.0 Å². The molecule has 3 rings (SSSR count). The van der Waals surface area contributed by atoms with E-state index in [1.807, 2.05) is 4.90 Å². The average Bonchev–Trinajstić information content (AvgIpc) is 3.04. The number of amides is 1. The first-order chi connectivity index (χ1) is 10.3. The molecule has 3 fully saturated rings. The molecule has 0 aromatic heterocycles. The van der Waals surface area contributed by atoms with Crippen molar-refractivity contribution < 1.29 is 14.6 Å². The Labute approximate surface area is 126 Å². The number of nitrogens with zero attached hydrogens (tertiary/aromatic N) is 2. The normalized spacial score (nSPS) is 32.5. The molecule has 3 saturated heterocycles. The van der Waals surface area contributed by atoms with Gasteiger partial charge >= 0.3 is 0 Å². The number of piperidine rings is 1. The third-order valence-electron chi connectivity index (χ3n) is 5.08. The Balaban J connectivity index is 1.67. The van der Waals surface area contributed by atoms with Gasteiger partial charge in [0, 0.05) is 12.6 Å². The van der Waals surface area contributed by atoms with Gasteiger partial charge in [-0.2, -0.15) is 0 Å². The van der Waals surface area contributed by atoms with E-state index in [1.165, 1.54) is 0 Å². The topological polar surface area (TPSA) is 65.0 Å². The number of aliphatic hydroxyl groups excluding tert-OH is 1. The van der Waals surface area contributed by atoms with Crippen LogP contribution < -0.4 is 5.32 Å². The molecule has 120 valence electrons. The minimum Gasteiger partial charge on any atom is -0.394 e. The van der Waals surface area contributed by atoms with Crippen molar-refractivity contribution in [3.05, 3.63) is 0 Å². The molecular formula is C15H27N3O3. The predicted molar refractivity (Wildman–Crippen MR) is 79.0 cm³/mol. The van der Waals surface area contributed by atoms with Crippen molar-refractivity contribution in [3.8, 4) is 0 Å². The standard InChI is InChI=1S/C15H27N3O3/c19-10-13-11-21-9-8-18(13)15(20)14-2-1-7-17(14)12-3-5-16-6-4-12/h12-14,16,19H,1-11H2. The highest BCUT2D eigenvalue weighted by molar-refractivity contribution is 5.82. The lowest BCUT2D eigenvalue weighted by molar-refractivity contribution is -0.147. The minimum atomic E-state index is -0.165. The van der Waals surface area contributed by atoms with Crippen molar-refractivity contribution in [1.29, 1.82) is 0 Å². The first kappa shape index (κ1) is 15.2. The van der Waals surface area contributed by atoms with E-state index in [9.17, 15) is 9.90 Å². The molecule has 21 heavy (non-hydrogen) atoms. The van der Waals surface area contributed by atoms with Gasteiger partial charge in [0.05, 0.1) is 31.9 Å². The summed E-state index contributed by atoms with van der Waals surface area (Å²) in [6, 6.07) is 0.387. The molecule has 0 bridgehead atoms. The number of ether oxygens (including phenoxy) is 1. The lowest BCUT2D eigenvalue weighted by atomic mass is 10.0. The Morgan fingerprint density at radius 1 is 1.24 bits per heavy atom. The second-order valence-electron chi connectivity index (χ2n) is 6.32. The van der Waals surface area contributed by atoms with Crippen LogP contribution in [-0.4, -0.2) is 84.9 Å². The molecule has 0 aromatic carbocycles.